The van der Waals surface area contributed by atoms with Crippen LogP contribution in [-0.4, -0.2) is 16.6 Å². The van der Waals surface area contributed by atoms with E-state index < -0.39 is 0 Å². The number of halogens is 1. The number of aryl methyl sites for hydroxylation is 1. The van der Waals surface area contributed by atoms with Crippen LogP contribution in [0.3, 0.4) is 0 Å². The predicted octanol–water partition coefficient (Wildman–Crippen LogP) is 2.61. The molecule has 3 rings (SSSR count). The van der Waals surface area contributed by atoms with Crippen molar-refractivity contribution < 1.29 is 9.47 Å². The van der Waals surface area contributed by atoms with Crippen LogP contribution in [0.2, 0.25) is 5.02 Å². The summed E-state index contributed by atoms with van der Waals surface area (Å²) in [6, 6.07) is 1.92. The average Bonchev–Trinajstić information content (AvgIpc) is 2.98. The maximum atomic E-state index is 6.40. The van der Waals surface area contributed by atoms with Gasteiger partial charge in [0, 0.05) is 12.6 Å². The van der Waals surface area contributed by atoms with Crippen LogP contribution < -0.4 is 15.2 Å². The van der Waals surface area contributed by atoms with Gasteiger partial charge < -0.3 is 15.2 Å². The van der Waals surface area contributed by atoms with Gasteiger partial charge in [-0.25, -0.2) is 0 Å². The number of rotatable bonds is 2. The molecule has 0 saturated carbocycles. The van der Waals surface area contributed by atoms with E-state index in [1.807, 2.05) is 13.0 Å². The number of benzene rings is 1. The molecule has 2 N–H and O–H groups in total. The lowest BCUT2D eigenvalue weighted by atomic mass is 9.99. The molecule has 0 unspecified atom stereocenters. The summed E-state index contributed by atoms with van der Waals surface area (Å²) < 4.78 is 12.4. The molecule has 1 aliphatic heterocycles. The van der Waals surface area contributed by atoms with Crippen LogP contribution in [0.15, 0.2) is 12.3 Å². The lowest BCUT2D eigenvalue weighted by molar-refractivity contribution is 0.174. The molecule has 0 aliphatic carbocycles. The van der Waals surface area contributed by atoms with Crippen LogP contribution in [-0.2, 0) is 13.5 Å². The Morgan fingerprint density at radius 2 is 2.21 bits per heavy atom. The quantitative estimate of drug-likeness (QED) is 0.918. The van der Waals surface area contributed by atoms with Crippen molar-refractivity contribution in [2.24, 2.45) is 7.05 Å². The first-order chi connectivity index (χ1) is 9.13. The highest BCUT2D eigenvalue weighted by Gasteiger charge is 2.24. The van der Waals surface area contributed by atoms with Gasteiger partial charge in [-0.1, -0.05) is 18.5 Å². The zero-order chi connectivity index (χ0) is 13.6. The van der Waals surface area contributed by atoms with Gasteiger partial charge >= 0.3 is 0 Å². The number of anilines is 1. The topological polar surface area (TPSA) is 62.3 Å². The molecule has 0 atom stereocenters. The van der Waals surface area contributed by atoms with Gasteiger partial charge in [0.2, 0.25) is 6.79 Å². The van der Waals surface area contributed by atoms with Gasteiger partial charge in [0.25, 0.3) is 0 Å². The Labute approximate surface area is 115 Å². The molecule has 0 radical (unpaired) electrons. The monoisotopic (exact) mass is 279 g/mol. The molecule has 5 nitrogen and oxygen atoms in total. The van der Waals surface area contributed by atoms with Crippen LogP contribution in [0.5, 0.6) is 11.5 Å². The number of aromatic nitrogens is 2. The van der Waals surface area contributed by atoms with E-state index in [9.17, 15) is 0 Å². The fraction of sp³-hybridized carbons (Fsp3) is 0.308. The van der Waals surface area contributed by atoms with Gasteiger partial charge in [0.1, 0.15) is 5.82 Å². The molecular formula is C13H14ClN3O2. The third kappa shape index (κ3) is 1.73. The van der Waals surface area contributed by atoms with Crippen molar-refractivity contribution in [3.63, 3.8) is 0 Å². The number of hydrogen-bond donors (Lipinski definition) is 1. The zero-order valence-corrected chi connectivity index (χ0v) is 11.5. The number of ether oxygens (including phenoxy) is 2. The van der Waals surface area contributed by atoms with Gasteiger partial charge in [-0.05, 0) is 23.6 Å². The van der Waals surface area contributed by atoms with E-state index >= 15 is 0 Å². The first kappa shape index (κ1) is 12.2. The highest BCUT2D eigenvalue weighted by atomic mass is 35.5. The van der Waals surface area contributed by atoms with Crippen LogP contribution >= 0.6 is 11.6 Å². The van der Waals surface area contributed by atoms with E-state index in [1.54, 1.807) is 17.9 Å². The maximum absolute atomic E-state index is 6.40. The molecule has 0 saturated heterocycles. The smallest absolute Gasteiger partial charge is 0.231 e. The molecule has 100 valence electrons. The number of nitrogens with two attached hydrogens (primary N) is 1. The lowest BCUT2D eigenvalue weighted by Crippen LogP contribution is -1.99. The van der Waals surface area contributed by atoms with Crippen molar-refractivity contribution in [1.82, 2.24) is 9.78 Å². The van der Waals surface area contributed by atoms with Crippen molar-refractivity contribution in [2.45, 2.75) is 13.3 Å². The summed E-state index contributed by atoms with van der Waals surface area (Å²) in [5, 5.41) is 4.76. The molecule has 6 heteroatoms. The predicted molar refractivity (Wildman–Crippen MR) is 73.6 cm³/mol. The molecule has 0 spiro atoms. The summed E-state index contributed by atoms with van der Waals surface area (Å²) in [5.41, 5.74) is 8.84. The second-order valence-corrected chi connectivity index (χ2v) is 4.75. The fourth-order valence-electron chi connectivity index (χ4n) is 2.28. The third-order valence-electron chi connectivity index (χ3n) is 3.33. The number of nitrogens with zero attached hydrogens (tertiary/aromatic N) is 2. The van der Waals surface area contributed by atoms with E-state index in [0.29, 0.717) is 22.3 Å². The maximum Gasteiger partial charge on any atom is 0.231 e. The van der Waals surface area contributed by atoms with E-state index in [-0.39, 0.29) is 6.79 Å². The molecule has 0 bridgehead atoms. The first-order valence-electron chi connectivity index (χ1n) is 6.02. The molecule has 0 fully saturated rings. The van der Waals surface area contributed by atoms with E-state index in [4.69, 9.17) is 26.8 Å². The SMILES string of the molecule is CCc1c(-c2cnn(C)c2N)cc2c(c1Cl)OCO2. The summed E-state index contributed by atoms with van der Waals surface area (Å²) in [6.45, 7) is 2.24. The molecule has 2 aromatic rings. The minimum Gasteiger partial charge on any atom is -0.454 e. The molecule has 2 heterocycles. The Morgan fingerprint density at radius 3 is 2.84 bits per heavy atom. The molecule has 1 aromatic carbocycles. The van der Waals surface area contributed by atoms with Crippen LogP contribution in [0.4, 0.5) is 5.82 Å². The van der Waals surface area contributed by atoms with Crippen LogP contribution in [0.1, 0.15) is 12.5 Å². The Morgan fingerprint density at radius 1 is 1.42 bits per heavy atom. The summed E-state index contributed by atoms with van der Waals surface area (Å²) >= 11 is 6.40. The van der Waals surface area contributed by atoms with E-state index in [2.05, 4.69) is 5.10 Å². The number of fused-ring (bicyclic) bond motifs is 1. The summed E-state index contributed by atoms with van der Waals surface area (Å²) in [4.78, 5) is 0. The highest BCUT2D eigenvalue weighted by Crippen LogP contribution is 2.46. The standard InChI is InChI=1S/C13H14ClN3O2/c1-3-7-8(9-5-16-17(2)13(9)15)4-10-12(11(7)14)19-6-18-10/h4-5H,3,6,15H2,1-2H3. The molecule has 19 heavy (non-hydrogen) atoms. The minimum absolute atomic E-state index is 0.199. The van der Waals surface area contributed by atoms with Crippen molar-refractivity contribution in [2.75, 3.05) is 12.5 Å². The Hall–Kier alpha value is -1.88. The Kier molecular flexibility index (Phi) is 2.78. The van der Waals surface area contributed by atoms with E-state index in [0.717, 1.165) is 23.1 Å². The zero-order valence-electron chi connectivity index (χ0n) is 10.7. The van der Waals surface area contributed by atoms with Crippen molar-refractivity contribution in [3.8, 4) is 22.6 Å². The van der Waals surface area contributed by atoms with Gasteiger partial charge in [0.05, 0.1) is 11.2 Å². The van der Waals surface area contributed by atoms with Crippen LogP contribution in [0, 0.1) is 0 Å². The van der Waals surface area contributed by atoms with Gasteiger partial charge in [-0.3, -0.25) is 4.68 Å². The third-order valence-corrected chi connectivity index (χ3v) is 3.73. The Bertz CT molecular complexity index is 652. The van der Waals surface area contributed by atoms with Crippen molar-refractivity contribution >= 4 is 17.4 Å². The lowest BCUT2D eigenvalue weighted by Gasteiger charge is -2.12. The Balaban J connectivity index is 2.26. The number of nitrogen functional groups attached to an aromatic ring is 1. The summed E-state index contributed by atoms with van der Waals surface area (Å²) in [5.74, 6) is 1.87. The normalized spacial score (nSPS) is 13.0. The molecule has 1 aromatic heterocycles. The summed E-state index contributed by atoms with van der Waals surface area (Å²) in [7, 11) is 1.80. The molecule has 1 aliphatic rings. The van der Waals surface area contributed by atoms with Crippen molar-refractivity contribution in [1.29, 1.82) is 0 Å². The largest absolute Gasteiger partial charge is 0.454 e. The second kappa shape index (κ2) is 4.35. The first-order valence-corrected chi connectivity index (χ1v) is 6.40. The number of hydrogen-bond acceptors (Lipinski definition) is 4. The van der Waals surface area contributed by atoms with Gasteiger partial charge in [-0.2, -0.15) is 5.10 Å². The molecule has 0 amide bonds. The highest BCUT2D eigenvalue weighted by molar-refractivity contribution is 6.33. The second-order valence-electron chi connectivity index (χ2n) is 4.37. The van der Waals surface area contributed by atoms with Gasteiger partial charge in [0.15, 0.2) is 11.5 Å². The van der Waals surface area contributed by atoms with Gasteiger partial charge in [-0.15, -0.1) is 0 Å². The van der Waals surface area contributed by atoms with Crippen LogP contribution in [0.25, 0.3) is 11.1 Å². The summed E-state index contributed by atoms with van der Waals surface area (Å²) in [6.07, 6.45) is 2.52. The van der Waals surface area contributed by atoms with Crippen molar-refractivity contribution in [3.05, 3.63) is 22.8 Å². The minimum atomic E-state index is 0.199. The average molecular weight is 280 g/mol. The fourth-order valence-corrected chi connectivity index (χ4v) is 2.66. The van der Waals surface area contributed by atoms with E-state index in [1.165, 1.54) is 0 Å². The molecular weight excluding hydrogens is 266 g/mol.